The smallest absolute Gasteiger partial charge is 0.257 e. The van der Waals surface area contributed by atoms with Crippen LogP contribution in [-0.4, -0.2) is 48.0 Å². The summed E-state index contributed by atoms with van der Waals surface area (Å²) in [5.41, 5.74) is 2.39. The van der Waals surface area contributed by atoms with Crippen molar-refractivity contribution in [2.75, 3.05) is 36.4 Å². The Morgan fingerprint density at radius 3 is 2.34 bits per heavy atom. The van der Waals surface area contributed by atoms with Gasteiger partial charge in [-0.2, -0.15) is 0 Å². The van der Waals surface area contributed by atoms with E-state index in [2.05, 4.69) is 38.1 Å². The number of hydrogen-bond acceptors (Lipinski definition) is 4. The molecule has 8 heteroatoms. The van der Waals surface area contributed by atoms with Crippen LogP contribution in [-0.2, 0) is 4.79 Å². The number of thiocarbonyl (C=S) groups is 1. The average molecular weight is 522 g/mol. The van der Waals surface area contributed by atoms with Crippen LogP contribution in [0.3, 0.4) is 0 Å². The lowest BCUT2D eigenvalue weighted by atomic mass is 10.2. The number of benzene rings is 2. The molecule has 0 spiro atoms. The average Bonchev–Trinajstić information content (AvgIpc) is 2.74. The summed E-state index contributed by atoms with van der Waals surface area (Å²) >= 11 is 7.55. The van der Waals surface area contributed by atoms with E-state index in [1.54, 1.807) is 12.1 Å². The summed E-state index contributed by atoms with van der Waals surface area (Å²) in [6.45, 7) is 4.81. The second kappa shape index (κ2) is 10.0. The summed E-state index contributed by atoms with van der Waals surface area (Å²) in [5, 5.41) is 6.12. The number of carbonyl (C=O) groups is 2. The van der Waals surface area contributed by atoms with Gasteiger partial charge in [0.2, 0.25) is 5.91 Å². The van der Waals surface area contributed by atoms with Crippen molar-refractivity contribution in [2.24, 2.45) is 0 Å². The molecule has 1 heterocycles. The molecule has 29 heavy (non-hydrogen) atoms. The fourth-order valence-corrected chi connectivity index (χ4v) is 3.77. The van der Waals surface area contributed by atoms with Crippen molar-refractivity contribution in [1.82, 2.24) is 10.2 Å². The maximum absolute atomic E-state index is 12.4. The van der Waals surface area contributed by atoms with E-state index in [9.17, 15) is 9.59 Å². The lowest BCUT2D eigenvalue weighted by Crippen LogP contribution is -2.48. The van der Waals surface area contributed by atoms with Gasteiger partial charge in [0.1, 0.15) is 0 Å². The zero-order chi connectivity index (χ0) is 20.8. The number of anilines is 2. The molecule has 1 fully saturated rings. The van der Waals surface area contributed by atoms with Crippen LogP contribution >= 0.6 is 34.8 Å². The maximum Gasteiger partial charge on any atom is 0.257 e. The molecule has 2 amide bonds. The predicted molar refractivity (Wildman–Crippen MR) is 128 cm³/mol. The minimum atomic E-state index is -0.247. The number of para-hydroxylation sites is 2. The molecule has 0 bridgehead atoms. The maximum atomic E-state index is 12.4. The van der Waals surface area contributed by atoms with Crippen LogP contribution in [0.4, 0.5) is 11.4 Å². The minimum absolute atomic E-state index is 0.190. The van der Waals surface area contributed by atoms with Crippen LogP contribution in [0.5, 0.6) is 0 Å². The Hall–Kier alpha value is -2.20. The van der Waals surface area contributed by atoms with Gasteiger partial charge in [0, 0.05) is 41.7 Å². The Bertz CT molecular complexity index is 896. The van der Waals surface area contributed by atoms with Crippen molar-refractivity contribution in [2.45, 2.75) is 13.3 Å². The van der Waals surface area contributed by atoms with Gasteiger partial charge >= 0.3 is 0 Å². The molecule has 0 aliphatic carbocycles. The number of piperazine rings is 1. The van der Waals surface area contributed by atoms with E-state index >= 15 is 0 Å². The quantitative estimate of drug-likeness (QED) is 0.476. The Labute approximate surface area is 189 Å². The lowest BCUT2D eigenvalue weighted by Gasteiger charge is -2.37. The van der Waals surface area contributed by atoms with E-state index in [4.69, 9.17) is 12.2 Å². The van der Waals surface area contributed by atoms with Crippen LogP contribution in [0.25, 0.3) is 0 Å². The second-order valence-corrected chi connectivity index (χ2v) is 8.31. The summed E-state index contributed by atoms with van der Waals surface area (Å²) in [7, 11) is 0. The largest absolute Gasteiger partial charge is 0.366 e. The van der Waals surface area contributed by atoms with E-state index in [1.807, 2.05) is 48.2 Å². The molecule has 1 aliphatic heterocycles. The number of nitrogens with one attached hydrogen (secondary N) is 2. The summed E-state index contributed by atoms with van der Waals surface area (Å²) in [6.07, 6.45) is 0.534. The van der Waals surface area contributed by atoms with E-state index in [1.165, 1.54) is 0 Å². The monoisotopic (exact) mass is 522 g/mol. The topological polar surface area (TPSA) is 64.7 Å². The molecular formula is C21H23IN4O2S. The Balaban J connectivity index is 1.63. The van der Waals surface area contributed by atoms with Crippen molar-refractivity contribution in [3.8, 4) is 0 Å². The number of rotatable bonds is 4. The van der Waals surface area contributed by atoms with Crippen LogP contribution < -0.4 is 15.5 Å². The normalized spacial score (nSPS) is 13.7. The summed E-state index contributed by atoms with van der Waals surface area (Å²) < 4.78 is 1.06. The number of halogens is 1. The molecule has 0 atom stereocenters. The highest BCUT2D eigenvalue weighted by atomic mass is 127. The molecule has 6 nitrogen and oxygen atoms in total. The molecular weight excluding hydrogens is 499 g/mol. The van der Waals surface area contributed by atoms with E-state index in [0.717, 1.165) is 28.0 Å². The molecule has 0 radical (unpaired) electrons. The predicted octanol–water partition coefficient (Wildman–Crippen LogP) is 3.48. The SMILES string of the molecule is CCC(=O)N1CCN(c2ccccc2NC(=S)NC(=O)c2ccc(I)cc2)CC1. The van der Waals surface area contributed by atoms with Crippen molar-refractivity contribution in [1.29, 1.82) is 0 Å². The molecule has 152 valence electrons. The van der Waals surface area contributed by atoms with Crippen molar-refractivity contribution in [3.63, 3.8) is 0 Å². The standard InChI is InChI=1S/C21H23IN4O2S/c1-2-19(27)26-13-11-25(12-14-26)18-6-4-3-5-17(18)23-21(29)24-20(28)15-7-9-16(22)10-8-15/h3-10H,2,11-14H2,1H3,(H2,23,24,28,29). The number of amides is 2. The molecule has 1 aliphatic rings. The highest BCUT2D eigenvalue weighted by Crippen LogP contribution is 2.26. The summed E-state index contributed by atoms with van der Waals surface area (Å²) in [6, 6.07) is 15.1. The first-order valence-corrected chi connectivity index (χ1v) is 11.0. The van der Waals surface area contributed by atoms with Crippen molar-refractivity contribution >= 4 is 63.1 Å². The third kappa shape index (κ3) is 5.66. The molecule has 3 rings (SSSR count). The molecule has 2 aromatic carbocycles. The second-order valence-electron chi connectivity index (χ2n) is 6.65. The number of hydrogen-bond donors (Lipinski definition) is 2. The Morgan fingerprint density at radius 2 is 1.69 bits per heavy atom. The van der Waals surface area contributed by atoms with Gasteiger partial charge in [0.15, 0.2) is 5.11 Å². The summed E-state index contributed by atoms with van der Waals surface area (Å²) in [4.78, 5) is 28.4. The van der Waals surface area contributed by atoms with Gasteiger partial charge in [0.25, 0.3) is 5.91 Å². The van der Waals surface area contributed by atoms with Gasteiger partial charge in [-0.15, -0.1) is 0 Å². The highest BCUT2D eigenvalue weighted by molar-refractivity contribution is 14.1. The van der Waals surface area contributed by atoms with Gasteiger partial charge in [-0.25, -0.2) is 0 Å². The van der Waals surface area contributed by atoms with Gasteiger partial charge in [-0.05, 0) is 71.2 Å². The van der Waals surface area contributed by atoms with Gasteiger partial charge in [-0.3, -0.25) is 14.9 Å². The van der Waals surface area contributed by atoms with E-state index in [0.29, 0.717) is 25.1 Å². The molecule has 0 aromatic heterocycles. The number of carbonyl (C=O) groups excluding carboxylic acids is 2. The van der Waals surface area contributed by atoms with Gasteiger partial charge in [-0.1, -0.05) is 19.1 Å². The number of nitrogens with zero attached hydrogens (tertiary/aromatic N) is 2. The van der Waals surface area contributed by atoms with Crippen molar-refractivity contribution in [3.05, 3.63) is 57.7 Å². The molecule has 0 unspecified atom stereocenters. The van der Waals surface area contributed by atoms with E-state index in [-0.39, 0.29) is 16.9 Å². The van der Waals surface area contributed by atoms with Crippen molar-refractivity contribution < 1.29 is 9.59 Å². The van der Waals surface area contributed by atoms with E-state index < -0.39 is 0 Å². The third-order valence-electron chi connectivity index (χ3n) is 4.76. The highest BCUT2D eigenvalue weighted by Gasteiger charge is 2.22. The molecule has 0 saturated carbocycles. The molecule has 2 aromatic rings. The zero-order valence-corrected chi connectivity index (χ0v) is 19.1. The van der Waals surface area contributed by atoms with Crippen LogP contribution in [0.15, 0.2) is 48.5 Å². The first-order chi connectivity index (χ1) is 14.0. The Morgan fingerprint density at radius 1 is 1.03 bits per heavy atom. The first-order valence-electron chi connectivity index (χ1n) is 9.47. The fraction of sp³-hybridized carbons (Fsp3) is 0.286. The van der Waals surface area contributed by atoms with Gasteiger partial charge < -0.3 is 15.1 Å². The fourth-order valence-electron chi connectivity index (χ4n) is 3.21. The molecule has 1 saturated heterocycles. The molecule has 2 N–H and O–H groups in total. The van der Waals surface area contributed by atoms with Crippen LogP contribution in [0.2, 0.25) is 0 Å². The summed E-state index contributed by atoms with van der Waals surface area (Å²) in [5.74, 6) is -0.0568. The lowest BCUT2D eigenvalue weighted by molar-refractivity contribution is -0.131. The minimum Gasteiger partial charge on any atom is -0.366 e. The van der Waals surface area contributed by atoms with Crippen LogP contribution in [0.1, 0.15) is 23.7 Å². The Kier molecular flexibility index (Phi) is 7.43. The van der Waals surface area contributed by atoms with Crippen LogP contribution in [0, 0.1) is 3.57 Å². The zero-order valence-electron chi connectivity index (χ0n) is 16.2. The third-order valence-corrected chi connectivity index (χ3v) is 5.68. The first kappa shape index (κ1) is 21.5. The van der Waals surface area contributed by atoms with Gasteiger partial charge in [0.05, 0.1) is 11.4 Å².